The third-order valence-electron chi connectivity index (χ3n) is 3.85. The highest BCUT2D eigenvalue weighted by Crippen LogP contribution is 2.17. The first-order valence-corrected chi connectivity index (χ1v) is 7.06. The summed E-state index contributed by atoms with van der Waals surface area (Å²) in [5.74, 6) is -1.15. The van der Waals surface area contributed by atoms with Crippen molar-refractivity contribution in [1.29, 1.82) is 0 Å². The highest BCUT2D eigenvalue weighted by atomic mass is 16.5. The van der Waals surface area contributed by atoms with Gasteiger partial charge < -0.3 is 14.4 Å². The van der Waals surface area contributed by atoms with Gasteiger partial charge in [-0.2, -0.15) is 0 Å². The van der Waals surface area contributed by atoms with Crippen LogP contribution in [0.5, 0.6) is 0 Å². The summed E-state index contributed by atoms with van der Waals surface area (Å²) < 4.78 is 7.11. The quantitative estimate of drug-likeness (QED) is 0.896. The van der Waals surface area contributed by atoms with E-state index in [9.17, 15) is 9.59 Å². The van der Waals surface area contributed by atoms with E-state index in [1.807, 2.05) is 6.92 Å². The number of aryl methyl sites for hydroxylation is 2. The first-order chi connectivity index (χ1) is 9.50. The Morgan fingerprint density at radius 2 is 2.25 bits per heavy atom. The summed E-state index contributed by atoms with van der Waals surface area (Å²) in [6, 6.07) is 1.76. The smallest absolute Gasteiger partial charge is 0.341 e. The van der Waals surface area contributed by atoms with Crippen LogP contribution in [0.2, 0.25) is 0 Å². The highest BCUT2D eigenvalue weighted by molar-refractivity contribution is 5.88. The number of rotatable bonds is 5. The summed E-state index contributed by atoms with van der Waals surface area (Å²) >= 11 is 0. The van der Waals surface area contributed by atoms with E-state index in [4.69, 9.17) is 9.84 Å². The van der Waals surface area contributed by atoms with Gasteiger partial charge >= 0.3 is 5.97 Å². The Labute approximate surface area is 118 Å². The van der Waals surface area contributed by atoms with E-state index in [2.05, 4.69) is 0 Å². The third-order valence-corrected chi connectivity index (χ3v) is 3.85. The fourth-order valence-electron chi connectivity index (χ4n) is 2.81. The van der Waals surface area contributed by atoms with E-state index in [1.54, 1.807) is 17.6 Å². The second kappa shape index (κ2) is 6.22. The number of carboxylic acids is 1. The van der Waals surface area contributed by atoms with Crippen molar-refractivity contribution in [2.45, 2.75) is 52.2 Å². The Balaban J connectivity index is 2.12. The van der Waals surface area contributed by atoms with Crippen molar-refractivity contribution < 1.29 is 14.6 Å². The topological polar surface area (TPSA) is 68.5 Å². The molecular weight excluding hydrogens is 258 g/mol. The lowest BCUT2D eigenvalue weighted by molar-refractivity contribution is 0.0693. The zero-order valence-electron chi connectivity index (χ0n) is 12.0. The summed E-state index contributed by atoms with van der Waals surface area (Å²) in [5, 5.41) is 9.13. The first kappa shape index (κ1) is 14.8. The van der Waals surface area contributed by atoms with Crippen molar-refractivity contribution in [3.05, 3.63) is 33.2 Å². The number of hydrogen-bond donors (Lipinski definition) is 1. The van der Waals surface area contributed by atoms with Crippen LogP contribution < -0.4 is 5.56 Å². The van der Waals surface area contributed by atoms with Gasteiger partial charge in [0.25, 0.3) is 5.56 Å². The van der Waals surface area contributed by atoms with E-state index < -0.39 is 11.5 Å². The molecule has 1 saturated heterocycles. The Bertz CT molecular complexity index is 556. The molecule has 0 bridgehead atoms. The third kappa shape index (κ3) is 3.10. The largest absolute Gasteiger partial charge is 0.477 e. The van der Waals surface area contributed by atoms with Gasteiger partial charge in [0, 0.05) is 18.8 Å². The molecule has 1 aliphatic rings. The zero-order chi connectivity index (χ0) is 14.7. The maximum Gasteiger partial charge on any atom is 0.341 e. The summed E-state index contributed by atoms with van der Waals surface area (Å²) in [7, 11) is 0. The Kier molecular flexibility index (Phi) is 4.60. The standard InChI is InChI=1S/C15H21NO4/c1-10-9-11(2)16(14(17)13(10)15(18)19)7-3-5-12-6-4-8-20-12/h9,12H,3-8H2,1-2H3,(H,18,19). The van der Waals surface area contributed by atoms with Gasteiger partial charge in [0.15, 0.2) is 0 Å². The molecule has 5 nitrogen and oxygen atoms in total. The van der Waals surface area contributed by atoms with Crippen LogP contribution in [0.15, 0.2) is 10.9 Å². The average molecular weight is 279 g/mol. The molecule has 2 heterocycles. The summed E-state index contributed by atoms with van der Waals surface area (Å²) in [6.07, 6.45) is 4.24. The van der Waals surface area contributed by atoms with Crippen LogP contribution in [0, 0.1) is 13.8 Å². The maximum absolute atomic E-state index is 12.2. The van der Waals surface area contributed by atoms with Crippen molar-refractivity contribution in [2.75, 3.05) is 6.61 Å². The number of nitrogens with zero attached hydrogens (tertiary/aromatic N) is 1. The molecule has 1 unspecified atom stereocenters. The van der Waals surface area contributed by atoms with E-state index >= 15 is 0 Å². The lowest BCUT2D eigenvalue weighted by Gasteiger charge is -2.14. The number of carboxylic acid groups (broad SMARTS) is 1. The van der Waals surface area contributed by atoms with E-state index in [0.29, 0.717) is 18.2 Å². The lowest BCUT2D eigenvalue weighted by Crippen LogP contribution is -2.29. The Morgan fingerprint density at radius 3 is 2.85 bits per heavy atom. The van der Waals surface area contributed by atoms with Crippen LogP contribution in [0.4, 0.5) is 0 Å². The number of pyridine rings is 1. The van der Waals surface area contributed by atoms with Gasteiger partial charge in [-0.05, 0) is 51.2 Å². The minimum absolute atomic E-state index is 0.118. The summed E-state index contributed by atoms with van der Waals surface area (Å²) in [6.45, 7) is 4.88. The number of ether oxygens (including phenoxy) is 1. The van der Waals surface area contributed by atoms with E-state index in [1.165, 1.54) is 0 Å². The van der Waals surface area contributed by atoms with Crippen molar-refractivity contribution in [2.24, 2.45) is 0 Å². The predicted octanol–water partition coefficient (Wildman–Crippen LogP) is 2.12. The molecule has 0 aromatic carbocycles. The fourth-order valence-corrected chi connectivity index (χ4v) is 2.81. The molecule has 0 radical (unpaired) electrons. The Morgan fingerprint density at radius 1 is 1.50 bits per heavy atom. The number of hydrogen-bond acceptors (Lipinski definition) is 3. The fraction of sp³-hybridized carbons (Fsp3) is 0.600. The second-order valence-corrected chi connectivity index (χ2v) is 5.38. The van der Waals surface area contributed by atoms with Crippen LogP contribution in [0.3, 0.4) is 0 Å². The Hall–Kier alpha value is -1.62. The van der Waals surface area contributed by atoms with Crippen LogP contribution in [0.25, 0.3) is 0 Å². The zero-order valence-corrected chi connectivity index (χ0v) is 12.0. The minimum atomic E-state index is -1.15. The summed E-state index contributed by atoms with van der Waals surface area (Å²) in [5.41, 5.74) is 0.815. The van der Waals surface area contributed by atoms with Crippen molar-refractivity contribution in [3.8, 4) is 0 Å². The number of carbonyl (C=O) groups is 1. The molecule has 0 amide bonds. The van der Waals surface area contributed by atoms with Gasteiger partial charge in [0.1, 0.15) is 5.56 Å². The van der Waals surface area contributed by atoms with E-state index in [0.717, 1.165) is 38.0 Å². The van der Waals surface area contributed by atoms with Gasteiger partial charge in [0.05, 0.1) is 6.10 Å². The van der Waals surface area contributed by atoms with Gasteiger partial charge in [-0.25, -0.2) is 4.79 Å². The number of aromatic nitrogens is 1. The molecule has 110 valence electrons. The van der Waals surface area contributed by atoms with Crippen molar-refractivity contribution in [1.82, 2.24) is 4.57 Å². The predicted molar refractivity (Wildman–Crippen MR) is 75.3 cm³/mol. The van der Waals surface area contributed by atoms with Crippen LogP contribution >= 0.6 is 0 Å². The molecule has 1 atom stereocenters. The van der Waals surface area contributed by atoms with Crippen LogP contribution in [-0.2, 0) is 11.3 Å². The molecule has 1 aliphatic heterocycles. The van der Waals surface area contributed by atoms with Gasteiger partial charge in [-0.3, -0.25) is 4.79 Å². The number of aromatic carboxylic acids is 1. The van der Waals surface area contributed by atoms with Crippen LogP contribution in [0.1, 0.15) is 47.3 Å². The molecule has 1 N–H and O–H groups in total. The molecule has 5 heteroatoms. The molecule has 0 saturated carbocycles. The van der Waals surface area contributed by atoms with Crippen LogP contribution in [-0.4, -0.2) is 28.4 Å². The lowest BCUT2D eigenvalue weighted by atomic mass is 10.1. The van der Waals surface area contributed by atoms with Gasteiger partial charge in [-0.15, -0.1) is 0 Å². The average Bonchev–Trinajstić information content (AvgIpc) is 2.85. The SMILES string of the molecule is Cc1cc(C)n(CCCC2CCCO2)c(=O)c1C(=O)O. The molecule has 0 spiro atoms. The van der Waals surface area contributed by atoms with Gasteiger partial charge in [-0.1, -0.05) is 0 Å². The van der Waals surface area contributed by atoms with E-state index in [-0.39, 0.29) is 5.56 Å². The summed E-state index contributed by atoms with van der Waals surface area (Å²) in [4.78, 5) is 23.4. The van der Waals surface area contributed by atoms with Crippen molar-refractivity contribution in [3.63, 3.8) is 0 Å². The molecule has 20 heavy (non-hydrogen) atoms. The monoisotopic (exact) mass is 279 g/mol. The molecule has 1 aromatic rings. The molecule has 2 rings (SSSR count). The molecule has 1 fully saturated rings. The molecular formula is C15H21NO4. The maximum atomic E-state index is 12.2. The highest BCUT2D eigenvalue weighted by Gasteiger charge is 2.18. The second-order valence-electron chi connectivity index (χ2n) is 5.38. The van der Waals surface area contributed by atoms with Crippen molar-refractivity contribution >= 4 is 5.97 Å². The first-order valence-electron chi connectivity index (χ1n) is 7.06. The normalized spacial score (nSPS) is 18.4. The van der Waals surface area contributed by atoms with Gasteiger partial charge in [0.2, 0.25) is 0 Å². The molecule has 1 aromatic heterocycles. The minimum Gasteiger partial charge on any atom is -0.477 e. The molecule has 0 aliphatic carbocycles.